The quantitative estimate of drug-likeness (QED) is 0.509. The Hall–Kier alpha value is -2.83. The molecule has 0 bridgehead atoms. The molecule has 27 heavy (non-hydrogen) atoms. The molecular formula is C19H12Cl2N4O2. The summed E-state index contributed by atoms with van der Waals surface area (Å²) in [5.41, 5.74) is 2.36. The van der Waals surface area contributed by atoms with Gasteiger partial charge in [-0.15, -0.1) is 0 Å². The van der Waals surface area contributed by atoms with Crippen LogP contribution in [0, 0.1) is 0 Å². The number of aromatic amines is 1. The van der Waals surface area contributed by atoms with Gasteiger partial charge >= 0.3 is 0 Å². The molecule has 8 heteroatoms. The summed E-state index contributed by atoms with van der Waals surface area (Å²) in [6.07, 6.45) is 0.121. The van der Waals surface area contributed by atoms with E-state index in [1.54, 1.807) is 22.6 Å². The van der Waals surface area contributed by atoms with Crippen LogP contribution in [-0.4, -0.2) is 20.3 Å². The summed E-state index contributed by atoms with van der Waals surface area (Å²) in [6, 6.07) is 12.6. The van der Waals surface area contributed by atoms with Crippen molar-refractivity contribution in [1.82, 2.24) is 14.4 Å². The molecule has 5 rings (SSSR count). The van der Waals surface area contributed by atoms with E-state index in [1.165, 1.54) is 0 Å². The van der Waals surface area contributed by atoms with Crippen molar-refractivity contribution in [1.29, 1.82) is 0 Å². The van der Waals surface area contributed by atoms with E-state index >= 15 is 0 Å². The molecule has 4 aromatic rings. The number of aromatic nitrogens is 3. The molecule has 0 saturated carbocycles. The molecule has 6 nitrogen and oxygen atoms in total. The maximum Gasteiger partial charge on any atom is 0.258 e. The van der Waals surface area contributed by atoms with Gasteiger partial charge in [-0.3, -0.25) is 19.0 Å². The Morgan fingerprint density at radius 3 is 2.74 bits per heavy atom. The number of carbonyl (C=O) groups is 1. The van der Waals surface area contributed by atoms with Gasteiger partial charge in [0.25, 0.3) is 5.56 Å². The molecule has 1 aliphatic heterocycles. The van der Waals surface area contributed by atoms with Crippen LogP contribution < -0.4 is 10.9 Å². The highest BCUT2D eigenvalue weighted by Crippen LogP contribution is 2.39. The number of rotatable bonds is 1. The van der Waals surface area contributed by atoms with Crippen LogP contribution >= 0.6 is 23.2 Å². The SMILES string of the molecule is O=C1CC(c2ccc(Cl)cc2Cl)c2c(n3c(nc4ccccc43)[nH]c2=O)N1. The minimum atomic E-state index is -0.479. The molecule has 2 aromatic carbocycles. The Balaban J connectivity index is 1.86. The van der Waals surface area contributed by atoms with Crippen molar-refractivity contribution >= 4 is 51.7 Å². The zero-order valence-corrected chi connectivity index (χ0v) is 15.3. The molecule has 134 valence electrons. The van der Waals surface area contributed by atoms with Crippen LogP contribution in [0.1, 0.15) is 23.5 Å². The molecule has 1 unspecified atom stereocenters. The van der Waals surface area contributed by atoms with Gasteiger partial charge in [0.1, 0.15) is 5.82 Å². The van der Waals surface area contributed by atoms with Gasteiger partial charge in [0.05, 0.1) is 16.6 Å². The first kappa shape index (κ1) is 16.4. The molecule has 1 amide bonds. The zero-order valence-electron chi connectivity index (χ0n) is 13.8. The molecule has 0 spiro atoms. The van der Waals surface area contributed by atoms with Gasteiger partial charge in [0.2, 0.25) is 11.7 Å². The van der Waals surface area contributed by atoms with Gasteiger partial charge in [-0.25, -0.2) is 4.98 Å². The van der Waals surface area contributed by atoms with Crippen molar-refractivity contribution in [2.45, 2.75) is 12.3 Å². The Morgan fingerprint density at radius 2 is 1.93 bits per heavy atom. The summed E-state index contributed by atoms with van der Waals surface area (Å²) in [5, 5.41) is 3.76. The van der Waals surface area contributed by atoms with Crippen molar-refractivity contribution < 1.29 is 4.79 Å². The fourth-order valence-corrected chi connectivity index (χ4v) is 4.24. The fourth-order valence-electron chi connectivity index (χ4n) is 3.70. The van der Waals surface area contributed by atoms with E-state index < -0.39 is 5.92 Å². The van der Waals surface area contributed by atoms with Crippen LogP contribution in [0.4, 0.5) is 5.82 Å². The standard InChI is InChI=1S/C19H12Cl2N4O2/c20-9-5-6-10(12(21)7-9)11-8-15(26)23-17-16(11)18(27)24-19-22-13-3-1-2-4-14(13)25(17)19/h1-7,11H,8H2,(H,23,26)(H,22,24,27). The number of carbonyl (C=O) groups excluding carboxylic acids is 1. The summed E-state index contributed by atoms with van der Waals surface area (Å²) in [5.74, 6) is 0.133. The molecule has 1 atom stereocenters. The van der Waals surface area contributed by atoms with Crippen LogP contribution in [0.3, 0.4) is 0 Å². The number of halogens is 2. The van der Waals surface area contributed by atoms with E-state index in [0.29, 0.717) is 32.8 Å². The molecule has 0 aliphatic carbocycles. The first-order chi connectivity index (χ1) is 13.0. The number of nitrogens with one attached hydrogen (secondary N) is 2. The average Bonchev–Trinajstić information content (AvgIpc) is 2.99. The highest BCUT2D eigenvalue weighted by Gasteiger charge is 2.33. The number of hydrogen-bond acceptors (Lipinski definition) is 3. The van der Waals surface area contributed by atoms with Crippen LogP contribution in [0.15, 0.2) is 47.3 Å². The zero-order chi connectivity index (χ0) is 18.7. The molecule has 1 aliphatic rings. The van der Waals surface area contributed by atoms with Gasteiger partial charge in [-0.1, -0.05) is 41.4 Å². The lowest BCUT2D eigenvalue weighted by molar-refractivity contribution is -0.116. The van der Waals surface area contributed by atoms with Crippen molar-refractivity contribution in [2.24, 2.45) is 0 Å². The second-order valence-corrected chi connectivity index (χ2v) is 7.29. The Labute approximate surface area is 162 Å². The Kier molecular flexibility index (Phi) is 3.54. The number of para-hydroxylation sites is 2. The molecule has 0 fully saturated rings. The Bertz CT molecular complexity index is 1310. The number of fused-ring (bicyclic) bond motifs is 5. The summed E-state index contributed by atoms with van der Waals surface area (Å²) in [6.45, 7) is 0. The summed E-state index contributed by atoms with van der Waals surface area (Å²) < 4.78 is 1.76. The van der Waals surface area contributed by atoms with Crippen LogP contribution in [0.25, 0.3) is 16.8 Å². The maximum atomic E-state index is 12.9. The lowest BCUT2D eigenvalue weighted by atomic mass is 9.86. The third-order valence-corrected chi connectivity index (χ3v) is 5.41. The first-order valence-electron chi connectivity index (χ1n) is 8.31. The van der Waals surface area contributed by atoms with Gasteiger partial charge in [-0.05, 0) is 29.8 Å². The third kappa shape index (κ3) is 2.44. The fraction of sp³-hybridized carbons (Fsp3) is 0.105. The van der Waals surface area contributed by atoms with Gasteiger partial charge in [-0.2, -0.15) is 0 Å². The highest BCUT2D eigenvalue weighted by atomic mass is 35.5. The van der Waals surface area contributed by atoms with E-state index in [9.17, 15) is 9.59 Å². The second kappa shape index (κ2) is 5.84. The number of benzene rings is 2. The van der Waals surface area contributed by atoms with E-state index in [1.807, 2.05) is 24.3 Å². The molecule has 2 aromatic heterocycles. The van der Waals surface area contributed by atoms with Gasteiger partial charge < -0.3 is 5.32 Å². The maximum absolute atomic E-state index is 12.9. The lowest BCUT2D eigenvalue weighted by Gasteiger charge is -2.26. The van der Waals surface area contributed by atoms with Crippen molar-refractivity contribution in [2.75, 3.05) is 5.32 Å². The molecule has 3 heterocycles. The Morgan fingerprint density at radius 1 is 1.11 bits per heavy atom. The topological polar surface area (TPSA) is 79.3 Å². The largest absolute Gasteiger partial charge is 0.311 e. The highest BCUT2D eigenvalue weighted by molar-refractivity contribution is 6.35. The summed E-state index contributed by atoms with van der Waals surface area (Å²) in [7, 11) is 0. The first-order valence-corrected chi connectivity index (χ1v) is 9.06. The predicted molar refractivity (Wildman–Crippen MR) is 105 cm³/mol. The number of hydrogen-bond donors (Lipinski definition) is 2. The predicted octanol–water partition coefficient (Wildman–Crippen LogP) is 3.96. The van der Waals surface area contributed by atoms with Crippen molar-refractivity contribution in [3.05, 3.63) is 74.0 Å². The molecule has 0 radical (unpaired) electrons. The number of nitrogens with zero attached hydrogens (tertiary/aromatic N) is 2. The smallest absolute Gasteiger partial charge is 0.258 e. The molecular weight excluding hydrogens is 387 g/mol. The van der Waals surface area contributed by atoms with Crippen LogP contribution in [0.5, 0.6) is 0 Å². The summed E-state index contributed by atoms with van der Waals surface area (Å²) >= 11 is 12.4. The number of amides is 1. The van der Waals surface area contributed by atoms with E-state index in [4.69, 9.17) is 23.2 Å². The number of anilines is 1. The van der Waals surface area contributed by atoms with Gasteiger partial charge in [0.15, 0.2) is 0 Å². The summed E-state index contributed by atoms with van der Waals surface area (Å²) in [4.78, 5) is 32.6. The van der Waals surface area contributed by atoms with Crippen molar-refractivity contribution in [3.8, 4) is 0 Å². The van der Waals surface area contributed by atoms with E-state index in [0.717, 1.165) is 11.0 Å². The molecule has 0 saturated heterocycles. The van der Waals surface area contributed by atoms with Crippen LogP contribution in [0.2, 0.25) is 10.0 Å². The van der Waals surface area contributed by atoms with E-state index in [2.05, 4.69) is 15.3 Å². The number of imidazole rings is 1. The monoisotopic (exact) mass is 398 g/mol. The lowest BCUT2D eigenvalue weighted by Crippen LogP contribution is -2.32. The van der Waals surface area contributed by atoms with Crippen molar-refractivity contribution in [3.63, 3.8) is 0 Å². The van der Waals surface area contributed by atoms with Crippen LogP contribution in [-0.2, 0) is 4.79 Å². The minimum Gasteiger partial charge on any atom is -0.311 e. The van der Waals surface area contributed by atoms with Gasteiger partial charge in [0, 0.05) is 22.4 Å². The minimum absolute atomic E-state index is 0.121. The second-order valence-electron chi connectivity index (χ2n) is 6.45. The normalized spacial score (nSPS) is 16.5. The third-order valence-electron chi connectivity index (χ3n) is 4.84. The van der Waals surface area contributed by atoms with E-state index in [-0.39, 0.29) is 17.9 Å². The number of H-pyrrole nitrogens is 1. The molecule has 2 N–H and O–H groups in total. The average molecular weight is 399 g/mol.